The van der Waals surface area contributed by atoms with Crippen molar-refractivity contribution in [3.05, 3.63) is 35.9 Å². The van der Waals surface area contributed by atoms with Crippen molar-refractivity contribution in [3.8, 4) is 0 Å². The average molecular weight is 297 g/mol. The van der Waals surface area contributed by atoms with Gasteiger partial charge in [-0.05, 0) is 11.5 Å². The summed E-state index contributed by atoms with van der Waals surface area (Å²) in [6.07, 6.45) is -2.53. The van der Waals surface area contributed by atoms with Crippen LogP contribution < -0.4 is 0 Å². The quantitative estimate of drug-likeness (QED) is 0.911. The zero-order valence-corrected chi connectivity index (χ0v) is 11.4. The molecule has 114 valence electrons. The molecule has 1 aliphatic carbocycles. The third-order valence-electron chi connectivity index (χ3n) is 4.33. The number of hydrogen-bond donors (Lipinski definition) is 1. The van der Waals surface area contributed by atoms with E-state index in [0.29, 0.717) is 0 Å². The lowest BCUT2D eigenvalue weighted by Gasteiger charge is -2.21. The Morgan fingerprint density at radius 3 is 2.71 bits per heavy atom. The molecule has 2 aliphatic rings. The SMILES string of the molecule is O=C(OCc1ccccc1)N1C[C@@H]2CC(F)(F)[C@H](O)[C@@H]2C1. The maximum absolute atomic E-state index is 13.4. The highest BCUT2D eigenvalue weighted by molar-refractivity contribution is 5.68. The number of carbonyl (C=O) groups is 1. The number of benzene rings is 1. The molecule has 1 saturated heterocycles. The normalized spacial score (nSPS) is 30.2. The van der Waals surface area contributed by atoms with E-state index in [-0.39, 0.29) is 32.0 Å². The van der Waals surface area contributed by atoms with E-state index in [4.69, 9.17) is 4.74 Å². The lowest BCUT2D eigenvalue weighted by atomic mass is 9.99. The smallest absolute Gasteiger partial charge is 0.410 e. The zero-order chi connectivity index (χ0) is 15.0. The number of nitrogens with zero attached hydrogens (tertiary/aromatic N) is 1. The highest BCUT2D eigenvalue weighted by Crippen LogP contribution is 2.47. The highest BCUT2D eigenvalue weighted by Gasteiger charge is 2.58. The lowest BCUT2D eigenvalue weighted by Crippen LogP contribution is -2.37. The molecule has 6 heteroatoms. The number of carbonyl (C=O) groups excluding carboxylic acids is 1. The molecule has 2 fully saturated rings. The number of hydrogen-bond acceptors (Lipinski definition) is 3. The fourth-order valence-corrected chi connectivity index (χ4v) is 3.21. The second-order valence-electron chi connectivity index (χ2n) is 5.78. The van der Waals surface area contributed by atoms with Crippen molar-refractivity contribution in [2.75, 3.05) is 13.1 Å². The molecule has 1 amide bonds. The largest absolute Gasteiger partial charge is 0.445 e. The second-order valence-corrected chi connectivity index (χ2v) is 5.78. The van der Waals surface area contributed by atoms with Gasteiger partial charge in [0, 0.05) is 25.4 Å². The summed E-state index contributed by atoms with van der Waals surface area (Å²) >= 11 is 0. The van der Waals surface area contributed by atoms with Crippen LogP contribution in [0.4, 0.5) is 13.6 Å². The van der Waals surface area contributed by atoms with Crippen LogP contribution in [0.1, 0.15) is 12.0 Å². The molecule has 1 aliphatic heterocycles. The molecule has 0 aromatic heterocycles. The fraction of sp³-hybridized carbons (Fsp3) is 0.533. The summed E-state index contributed by atoms with van der Waals surface area (Å²) in [5.74, 6) is -3.93. The molecule has 21 heavy (non-hydrogen) atoms. The Bertz CT molecular complexity index is 523. The van der Waals surface area contributed by atoms with Crippen LogP contribution >= 0.6 is 0 Å². The van der Waals surface area contributed by atoms with Crippen LogP contribution in [0.3, 0.4) is 0 Å². The monoisotopic (exact) mass is 297 g/mol. The van der Waals surface area contributed by atoms with Gasteiger partial charge in [0.1, 0.15) is 12.7 Å². The minimum atomic E-state index is -3.03. The van der Waals surface area contributed by atoms with Crippen LogP contribution in [0.25, 0.3) is 0 Å². The number of aliphatic hydroxyl groups excluding tert-OH is 1. The van der Waals surface area contributed by atoms with E-state index in [1.54, 1.807) is 0 Å². The van der Waals surface area contributed by atoms with Crippen LogP contribution in [0.2, 0.25) is 0 Å². The number of alkyl halides is 2. The summed E-state index contributed by atoms with van der Waals surface area (Å²) in [6.45, 7) is 0.518. The molecule has 1 heterocycles. The lowest BCUT2D eigenvalue weighted by molar-refractivity contribution is -0.100. The molecule has 3 atom stereocenters. The topological polar surface area (TPSA) is 49.8 Å². The molecule has 0 radical (unpaired) electrons. The van der Waals surface area contributed by atoms with Crippen molar-refractivity contribution in [2.45, 2.75) is 25.1 Å². The van der Waals surface area contributed by atoms with Crippen molar-refractivity contribution in [1.29, 1.82) is 0 Å². The summed E-state index contributed by atoms with van der Waals surface area (Å²) in [7, 11) is 0. The standard InChI is InChI=1S/C15H17F2NO3/c16-15(17)6-11-7-18(8-12(11)13(15)19)14(20)21-9-10-4-2-1-3-5-10/h1-5,11-13,19H,6-9H2/t11-,12+,13+/m0/s1. The van der Waals surface area contributed by atoms with Gasteiger partial charge in [-0.1, -0.05) is 30.3 Å². The van der Waals surface area contributed by atoms with Crippen molar-refractivity contribution in [1.82, 2.24) is 4.90 Å². The molecular weight excluding hydrogens is 280 g/mol. The summed E-state index contributed by atoms with van der Waals surface area (Å²) in [6, 6.07) is 9.25. The first-order valence-corrected chi connectivity index (χ1v) is 6.99. The number of likely N-dealkylation sites (tertiary alicyclic amines) is 1. The van der Waals surface area contributed by atoms with Crippen molar-refractivity contribution in [3.63, 3.8) is 0 Å². The molecule has 1 aromatic carbocycles. The minimum Gasteiger partial charge on any atom is -0.445 e. The zero-order valence-electron chi connectivity index (χ0n) is 11.4. The number of ether oxygens (including phenoxy) is 1. The number of aliphatic hydroxyl groups is 1. The van der Waals surface area contributed by atoms with Gasteiger partial charge in [0.2, 0.25) is 0 Å². The van der Waals surface area contributed by atoms with Gasteiger partial charge in [-0.2, -0.15) is 0 Å². The van der Waals surface area contributed by atoms with Gasteiger partial charge in [0.05, 0.1) is 0 Å². The van der Waals surface area contributed by atoms with E-state index in [0.717, 1.165) is 5.56 Å². The maximum atomic E-state index is 13.4. The van der Waals surface area contributed by atoms with Crippen molar-refractivity contribution in [2.24, 2.45) is 11.8 Å². The van der Waals surface area contributed by atoms with Crippen molar-refractivity contribution >= 4 is 6.09 Å². The summed E-state index contributed by atoms with van der Waals surface area (Å²) in [5, 5.41) is 9.61. The first-order valence-electron chi connectivity index (χ1n) is 6.99. The van der Waals surface area contributed by atoms with Crippen LogP contribution in [-0.4, -0.2) is 41.2 Å². The summed E-state index contributed by atoms with van der Waals surface area (Å²) in [4.78, 5) is 13.4. The first kappa shape index (κ1) is 14.3. The predicted octanol–water partition coefficient (Wildman–Crippen LogP) is 2.27. The maximum Gasteiger partial charge on any atom is 0.410 e. The molecule has 1 N–H and O–H groups in total. The van der Waals surface area contributed by atoms with Gasteiger partial charge in [0.15, 0.2) is 0 Å². The number of fused-ring (bicyclic) bond motifs is 1. The fourth-order valence-electron chi connectivity index (χ4n) is 3.21. The Hall–Kier alpha value is -1.69. The molecule has 0 spiro atoms. The number of rotatable bonds is 2. The van der Waals surface area contributed by atoms with E-state index >= 15 is 0 Å². The molecule has 1 saturated carbocycles. The van der Waals surface area contributed by atoms with Crippen LogP contribution in [0.15, 0.2) is 30.3 Å². The highest BCUT2D eigenvalue weighted by atomic mass is 19.3. The van der Waals surface area contributed by atoms with Gasteiger partial charge in [0.25, 0.3) is 5.92 Å². The Labute approximate surface area is 121 Å². The van der Waals surface area contributed by atoms with Gasteiger partial charge in [-0.25, -0.2) is 13.6 Å². The van der Waals surface area contributed by atoms with E-state index in [2.05, 4.69) is 0 Å². The van der Waals surface area contributed by atoms with Crippen LogP contribution in [-0.2, 0) is 11.3 Å². The Kier molecular flexibility index (Phi) is 3.57. The molecule has 0 unspecified atom stereocenters. The van der Waals surface area contributed by atoms with Gasteiger partial charge in [-0.3, -0.25) is 0 Å². The van der Waals surface area contributed by atoms with E-state index in [1.165, 1.54) is 4.90 Å². The Morgan fingerprint density at radius 1 is 1.33 bits per heavy atom. The number of amides is 1. The molecular formula is C15H17F2NO3. The van der Waals surface area contributed by atoms with E-state index in [9.17, 15) is 18.7 Å². The summed E-state index contributed by atoms with van der Waals surface area (Å²) in [5.41, 5.74) is 0.872. The second kappa shape index (κ2) is 5.26. The first-order chi connectivity index (χ1) is 9.97. The molecule has 0 bridgehead atoms. The van der Waals surface area contributed by atoms with E-state index < -0.39 is 24.0 Å². The van der Waals surface area contributed by atoms with Crippen LogP contribution in [0.5, 0.6) is 0 Å². The minimum absolute atomic E-state index is 0.134. The Balaban J connectivity index is 1.54. The third kappa shape index (κ3) is 2.72. The van der Waals surface area contributed by atoms with E-state index in [1.807, 2.05) is 30.3 Å². The number of halogens is 2. The van der Waals surface area contributed by atoms with Crippen molar-refractivity contribution < 1.29 is 23.4 Å². The van der Waals surface area contributed by atoms with Gasteiger partial charge in [-0.15, -0.1) is 0 Å². The molecule has 3 rings (SSSR count). The summed E-state index contributed by atoms with van der Waals surface area (Å²) < 4.78 is 31.9. The van der Waals surface area contributed by atoms with Gasteiger partial charge < -0.3 is 14.7 Å². The average Bonchev–Trinajstić information content (AvgIpc) is 2.96. The van der Waals surface area contributed by atoms with Crippen LogP contribution in [0, 0.1) is 11.8 Å². The predicted molar refractivity (Wildman–Crippen MR) is 70.8 cm³/mol. The molecule has 1 aromatic rings. The third-order valence-corrected chi connectivity index (χ3v) is 4.33. The van der Waals surface area contributed by atoms with Gasteiger partial charge >= 0.3 is 6.09 Å². The molecule has 4 nitrogen and oxygen atoms in total. The Morgan fingerprint density at radius 2 is 2.05 bits per heavy atom.